The van der Waals surface area contributed by atoms with E-state index in [4.69, 9.17) is 14.9 Å². The molecule has 1 fully saturated rings. The van der Waals surface area contributed by atoms with Crippen LogP contribution in [-0.2, 0) is 4.74 Å². The fraction of sp³-hybridized carbons (Fsp3) is 0.545. The molecule has 5 nitrogen and oxygen atoms in total. The average molecular weight is 224 g/mol. The summed E-state index contributed by atoms with van der Waals surface area (Å²) in [6.45, 7) is 1.71. The number of carbonyl (C=O) groups excluding carboxylic acids is 1. The van der Waals surface area contributed by atoms with Gasteiger partial charge in [0.25, 0.3) is 5.91 Å². The third-order valence-corrected chi connectivity index (χ3v) is 3.00. The van der Waals surface area contributed by atoms with Crippen molar-refractivity contribution in [1.82, 2.24) is 5.32 Å². The lowest BCUT2D eigenvalue weighted by Gasteiger charge is -2.36. The first-order valence-electron chi connectivity index (χ1n) is 5.38. The van der Waals surface area contributed by atoms with E-state index in [2.05, 4.69) is 5.32 Å². The normalized spacial score (nSPS) is 19.3. The maximum absolute atomic E-state index is 11.9. The number of carbonyl (C=O) groups is 1. The first-order valence-corrected chi connectivity index (χ1v) is 5.38. The van der Waals surface area contributed by atoms with Gasteiger partial charge in [0.2, 0.25) is 0 Å². The Bertz CT molecular complexity index is 342. The number of ether oxygens (including phenoxy) is 1. The highest BCUT2D eigenvalue weighted by atomic mass is 16.5. The van der Waals surface area contributed by atoms with Gasteiger partial charge in [-0.25, -0.2) is 0 Å². The molecule has 1 amide bonds. The second kappa shape index (κ2) is 4.67. The summed E-state index contributed by atoms with van der Waals surface area (Å²) < 4.78 is 10.1. The molecule has 0 saturated carbocycles. The first-order chi connectivity index (χ1) is 7.76. The van der Waals surface area contributed by atoms with E-state index in [9.17, 15) is 4.79 Å². The summed E-state index contributed by atoms with van der Waals surface area (Å²) in [4.78, 5) is 11.9. The molecule has 5 heteroatoms. The molecule has 0 atom stereocenters. The van der Waals surface area contributed by atoms with Gasteiger partial charge in [-0.3, -0.25) is 4.79 Å². The number of nitrogens with two attached hydrogens (primary N) is 1. The molecule has 2 heterocycles. The standard InChI is InChI=1S/C11H16N2O3/c12-8-11(2-5-15-6-3-11)13-10(14)9-1-4-16-7-9/h1,4,7H,2-3,5-6,8,12H2,(H,13,14). The summed E-state index contributed by atoms with van der Waals surface area (Å²) in [7, 11) is 0. The molecule has 0 aromatic carbocycles. The van der Waals surface area contributed by atoms with Gasteiger partial charge >= 0.3 is 0 Å². The van der Waals surface area contributed by atoms with Crippen LogP contribution in [0.3, 0.4) is 0 Å². The lowest BCUT2D eigenvalue weighted by Crippen LogP contribution is -2.56. The molecule has 88 valence electrons. The third-order valence-electron chi connectivity index (χ3n) is 3.00. The molecule has 16 heavy (non-hydrogen) atoms. The van der Waals surface area contributed by atoms with Gasteiger partial charge in [-0.15, -0.1) is 0 Å². The molecule has 0 aliphatic carbocycles. The maximum atomic E-state index is 11.9. The number of furan rings is 1. The van der Waals surface area contributed by atoms with Gasteiger partial charge in [-0.1, -0.05) is 0 Å². The maximum Gasteiger partial charge on any atom is 0.255 e. The number of rotatable bonds is 3. The molecule has 0 unspecified atom stereocenters. The topological polar surface area (TPSA) is 77.5 Å². The van der Waals surface area contributed by atoms with Crippen molar-refractivity contribution >= 4 is 5.91 Å². The Morgan fingerprint density at radius 2 is 2.25 bits per heavy atom. The summed E-state index contributed by atoms with van der Waals surface area (Å²) in [6, 6.07) is 1.64. The molecule has 1 aromatic rings. The van der Waals surface area contributed by atoms with Crippen molar-refractivity contribution in [2.24, 2.45) is 5.73 Å². The van der Waals surface area contributed by atoms with Crippen LogP contribution in [0.15, 0.2) is 23.0 Å². The van der Waals surface area contributed by atoms with Crippen LogP contribution < -0.4 is 11.1 Å². The first kappa shape index (κ1) is 11.2. The third kappa shape index (κ3) is 2.25. The van der Waals surface area contributed by atoms with Crippen LogP contribution in [0.25, 0.3) is 0 Å². The second-order valence-electron chi connectivity index (χ2n) is 4.06. The molecule has 0 radical (unpaired) electrons. The highest BCUT2D eigenvalue weighted by Gasteiger charge is 2.33. The zero-order valence-electron chi connectivity index (χ0n) is 9.07. The van der Waals surface area contributed by atoms with Crippen LogP contribution in [0.4, 0.5) is 0 Å². The van der Waals surface area contributed by atoms with Gasteiger partial charge in [0.05, 0.1) is 17.4 Å². The number of hydrogen-bond acceptors (Lipinski definition) is 4. The summed E-state index contributed by atoms with van der Waals surface area (Å²) in [6.07, 6.45) is 4.42. The van der Waals surface area contributed by atoms with Gasteiger partial charge < -0.3 is 20.2 Å². The molecule has 1 aliphatic rings. The van der Waals surface area contributed by atoms with Crippen molar-refractivity contribution in [2.45, 2.75) is 18.4 Å². The van der Waals surface area contributed by atoms with Crippen LogP contribution in [0.2, 0.25) is 0 Å². The fourth-order valence-electron chi connectivity index (χ4n) is 1.85. The van der Waals surface area contributed by atoms with Crippen molar-refractivity contribution < 1.29 is 13.9 Å². The molecule has 1 aromatic heterocycles. The van der Waals surface area contributed by atoms with Gasteiger partial charge in [-0.05, 0) is 18.9 Å². The monoisotopic (exact) mass is 224 g/mol. The predicted molar refractivity (Wildman–Crippen MR) is 58.0 cm³/mol. The Morgan fingerprint density at radius 1 is 1.50 bits per heavy atom. The average Bonchev–Trinajstić information content (AvgIpc) is 2.84. The summed E-state index contributed by atoms with van der Waals surface area (Å²) >= 11 is 0. The lowest BCUT2D eigenvalue weighted by atomic mass is 9.90. The van der Waals surface area contributed by atoms with Crippen molar-refractivity contribution in [1.29, 1.82) is 0 Å². The highest BCUT2D eigenvalue weighted by Crippen LogP contribution is 2.20. The van der Waals surface area contributed by atoms with Crippen LogP contribution in [-0.4, -0.2) is 31.2 Å². The van der Waals surface area contributed by atoms with Crippen LogP contribution in [0, 0.1) is 0 Å². The zero-order chi connectivity index (χ0) is 11.4. The van der Waals surface area contributed by atoms with Crippen molar-refractivity contribution in [2.75, 3.05) is 19.8 Å². The summed E-state index contributed by atoms with van der Waals surface area (Å²) in [5.41, 5.74) is 5.95. The second-order valence-corrected chi connectivity index (χ2v) is 4.06. The number of hydrogen-bond donors (Lipinski definition) is 2. The van der Waals surface area contributed by atoms with Gasteiger partial charge in [0.15, 0.2) is 0 Å². The van der Waals surface area contributed by atoms with E-state index >= 15 is 0 Å². The van der Waals surface area contributed by atoms with E-state index in [1.54, 1.807) is 6.07 Å². The summed E-state index contributed by atoms with van der Waals surface area (Å²) in [5.74, 6) is -0.138. The molecule has 2 rings (SSSR count). The SMILES string of the molecule is NCC1(NC(=O)c2ccoc2)CCOCC1. The van der Waals surface area contributed by atoms with E-state index in [0.717, 1.165) is 12.8 Å². The van der Waals surface area contributed by atoms with Crippen LogP contribution >= 0.6 is 0 Å². The van der Waals surface area contributed by atoms with Crippen molar-refractivity contribution in [3.05, 3.63) is 24.2 Å². The predicted octanol–water partition coefficient (Wildman–Crippen LogP) is 0.517. The fourth-order valence-corrected chi connectivity index (χ4v) is 1.85. The minimum Gasteiger partial charge on any atom is -0.472 e. The van der Waals surface area contributed by atoms with Crippen LogP contribution in [0.5, 0.6) is 0 Å². The number of amides is 1. The molecule has 1 aliphatic heterocycles. The van der Waals surface area contributed by atoms with Crippen molar-refractivity contribution in [3.63, 3.8) is 0 Å². The Morgan fingerprint density at radius 3 is 2.81 bits per heavy atom. The highest BCUT2D eigenvalue weighted by molar-refractivity contribution is 5.94. The minimum absolute atomic E-state index is 0.138. The molecule has 3 N–H and O–H groups in total. The Hall–Kier alpha value is -1.33. The minimum atomic E-state index is -0.327. The lowest BCUT2D eigenvalue weighted by molar-refractivity contribution is 0.0388. The Kier molecular flexibility index (Phi) is 3.26. The van der Waals surface area contributed by atoms with Gasteiger partial charge in [0.1, 0.15) is 6.26 Å². The van der Waals surface area contributed by atoms with E-state index < -0.39 is 0 Å². The summed E-state index contributed by atoms with van der Waals surface area (Å²) in [5, 5.41) is 2.98. The van der Waals surface area contributed by atoms with E-state index in [1.165, 1.54) is 12.5 Å². The van der Waals surface area contributed by atoms with E-state index in [1.807, 2.05) is 0 Å². The zero-order valence-corrected chi connectivity index (χ0v) is 9.07. The van der Waals surface area contributed by atoms with Crippen molar-refractivity contribution in [3.8, 4) is 0 Å². The largest absolute Gasteiger partial charge is 0.472 e. The molecule has 0 spiro atoms. The quantitative estimate of drug-likeness (QED) is 0.784. The van der Waals surface area contributed by atoms with E-state index in [0.29, 0.717) is 25.3 Å². The smallest absolute Gasteiger partial charge is 0.255 e. The Labute approximate surface area is 93.9 Å². The van der Waals surface area contributed by atoms with Gasteiger partial charge in [0, 0.05) is 19.8 Å². The van der Waals surface area contributed by atoms with Crippen LogP contribution in [0.1, 0.15) is 23.2 Å². The van der Waals surface area contributed by atoms with Gasteiger partial charge in [-0.2, -0.15) is 0 Å². The molecular formula is C11H16N2O3. The van der Waals surface area contributed by atoms with E-state index in [-0.39, 0.29) is 11.4 Å². The number of nitrogens with one attached hydrogen (secondary N) is 1. The Balaban J connectivity index is 2.03. The molecular weight excluding hydrogens is 208 g/mol. The molecule has 0 bridgehead atoms. The molecule has 1 saturated heterocycles.